The maximum Gasteiger partial charge on any atom is 0.159 e. The van der Waals surface area contributed by atoms with Crippen molar-refractivity contribution in [1.29, 1.82) is 5.41 Å². The molecule has 0 atom stereocenters. The maximum absolute atomic E-state index is 12.2. The molecule has 0 saturated heterocycles. The predicted octanol–water partition coefficient (Wildman–Crippen LogP) is 1.67. The van der Waals surface area contributed by atoms with E-state index in [4.69, 9.17) is 11.1 Å². The number of amidine groups is 1. The van der Waals surface area contributed by atoms with Crippen LogP contribution in [0, 0.1) is 5.41 Å². The van der Waals surface area contributed by atoms with Gasteiger partial charge in [0.05, 0.1) is 10.1 Å². The lowest BCUT2D eigenvalue weighted by Gasteiger charge is -2.21. The summed E-state index contributed by atoms with van der Waals surface area (Å²) in [6.07, 6.45) is 6.15. The molecule has 0 spiro atoms. The van der Waals surface area contributed by atoms with E-state index in [1.165, 1.54) is 17.5 Å². The molecule has 1 aliphatic rings. The molecule has 0 amide bonds. The molecule has 3 N–H and O–H groups in total. The number of aromatic nitrogens is 1. The fourth-order valence-electron chi connectivity index (χ4n) is 2.22. The molecule has 1 aromatic rings. The first-order chi connectivity index (χ1) is 8.49. The Morgan fingerprint density at radius 1 is 1.44 bits per heavy atom. The van der Waals surface area contributed by atoms with Crippen LogP contribution in [-0.4, -0.2) is 24.5 Å². The van der Waals surface area contributed by atoms with Gasteiger partial charge in [-0.25, -0.2) is 13.4 Å². The first-order valence-electron chi connectivity index (χ1n) is 6.00. The highest BCUT2D eigenvalue weighted by Crippen LogP contribution is 2.27. The van der Waals surface area contributed by atoms with Crippen LogP contribution in [0.2, 0.25) is 0 Å². The van der Waals surface area contributed by atoms with E-state index in [0.717, 1.165) is 32.1 Å². The van der Waals surface area contributed by atoms with Crippen molar-refractivity contribution in [3.63, 3.8) is 0 Å². The van der Waals surface area contributed by atoms with Crippen LogP contribution in [-0.2, 0) is 15.6 Å². The number of hydrogen-bond donors (Lipinski definition) is 2. The summed E-state index contributed by atoms with van der Waals surface area (Å²) in [6.45, 7) is 0. The van der Waals surface area contributed by atoms with E-state index in [1.54, 1.807) is 0 Å². The number of nitrogens with two attached hydrogens (primary N) is 1. The van der Waals surface area contributed by atoms with Crippen molar-refractivity contribution in [3.8, 4) is 0 Å². The summed E-state index contributed by atoms with van der Waals surface area (Å²) in [5, 5.41) is 7.60. The SMILES string of the molecule is N=C(N)c1cnc(CS(=O)(=O)C2CCCCC2)s1. The maximum atomic E-state index is 12.2. The number of hydrogen-bond acceptors (Lipinski definition) is 5. The number of nitrogen functional groups attached to an aromatic ring is 1. The molecular formula is C11H17N3O2S2. The van der Waals surface area contributed by atoms with Crippen LogP contribution in [0.25, 0.3) is 0 Å². The largest absolute Gasteiger partial charge is 0.383 e. The van der Waals surface area contributed by atoms with E-state index in [0.29, 0.717) is 9.88 Å². The number of thiazole rings is 1. The van der Waals surface area contributed by atoms with Crippen LogP contribution >= 0.6 is 11.3 Å². The van der Waals surface area contributed by atoms with Crippen LogP contribution in [0.5, 0.6) is 0 Å². The third-order valence-corrected chi connectivity index (χ3v) is 6.58. The molecule has 0 aromatic carbocycles. The fourth-order valence-corrected chi connectivity index (χ4v) is 5.22. The van der Waals surface area contributed by atoms with Gasteiger partial charge in [-0.1, -0.05) is 19.3 Å². The molecule has 1 fully saturated rings. The molecule has 7 heteroatoms. The van der Waals surface area contributed by atoms with Crippen molar-refractivity contribution >= 4 is 27.0 Å². The standard InChI is InChI=1S/C11H17N3O2S2/c12-11(13)9-6-14-10(17-9)7-18(15,16)8-4-2-1-3-5-8/h6,8H,1-5,7H2,(H3,12,13). The number of rotatable bonds is 4. The van der Waals surface area contributed by atoms with Crippen LogP contribution < -0.4 is 5.73 Å². The number of nitrogens with one attached hydrogen (secondary N) is 1. The van der Waals surface area contributed by atoms with Crippen LogP contribution in [0.1, 0.15) is 42.0 Å². The minimum atomic E-state index is -3.11. The first kappa shape index (κ1) is 13.5. The zero-order chi connectivity index (χ0) is 13.2. The number of nitrogens with zero attached hydrogens (tertiary/aromatic N) is 1. The second kappa shape index (κ2) is 5.36. The zero-order valence-corrected chi connectivity index (χ0v) is 11.7. The average molecular weight is 287 g/mol. The lowest BCUT2D eigenvalue weighted by Crippen LogP contribution is -2.25. The van der Waals surface area contributed by atoms with Gasteiger partial charge in [-0.3, -0.25) is 5.41 Å². The smallest absolute Gasteiger partial charge is 0.159 e. The second-order valence-electron chi connectivity index (χ2n) is 4.60. The molecule has 0 unspecified atom stereocenters. The highest BCUT2D eigenvalue weighted by atomic mass is 32.2. The molecule has 1 heterocycles. The van der Waals surface area contributed by atoms with Gasteiger partial charge < -0.3 is 5.73 Å². The number of sulfone groups is 1. The summed E-state index contributed by atoms with van der Waals surface area (Å²) in [4.78, 5) is 4.57. The highest BCUT2D eigenvalue weighted by molar-refractivity contribution is 7.91. The van der Waals surface area contributed by atoms with Crippen LogP contribution in [0.4, 0.5) is 0 Å². The Kier molecular flexibility index (Phi) is 4.01. The molecule has 0 bridgehead atoms. The zero-order valence-electron chi connectivity index (χ0n) is 10.1. The minimum absolute atomic E-state index is 0.0182. The fraction of sp³-hybridized carbons (Fsp3) is 0.636. The van der Waals surface area contributed by atoms with Gasteiger partial charge in [0, 0.05) is 6.20 Å². The molecule has 5 nitrogen and oxygen atoms in total. The van der Waals surface area contributed by atoms with Crippen LogP contribution in [0.15, 0.2) is 6.20 Å². The van der Waals surface area contributed by atoms with Gasteiger partial charge in [-0.15, -0.1) is 11.3 Å². The summed E-state index contributed by atoms with van der Waals surface area (Å²) in [7, 11) is -3.11. The molecule has 18 heavy (non-hydrogen) atoms. The first-order valence-corrected chi connectivity index (χ1v) is 8.53. The van der Waals surface area contributed by atoms with E-state index in [2.05, 4.69) is 4.98 Å². The minimum Gasteiger partial charge on any atom is -0.383 e. The van der Waals surface area contributed by atoms with Crippen LogP contribution in [0.3, 0.4) is 0 Å². The van der Waals surface area contributed by atoms with Crippen molar-refractivity contribution < 1.29 is 8.42 Å². The van der Waals surface area contributed by atoms with Gasteiger partial charge in [-0.05, 0) is 12.8 Å². The molecule has 1 aliphatic carbocycles. The molecule has 100 valence electrons. The van der Waals surface area contributed by atoms with Gasteiger partial charge >= 0.3 is 0 Å². The molecule has 1 aromatic heterocycles. The van der Waals surface area contributed by atoms with Gasteiger partial charge in [0.15, 0.2) is 9.84 Å². The Labute approximate surface area is 111 Å². The Bertz CT molecular complexity index is 530. The lowest BCUT2D eigenvalue weighted by molar-refractivity contribution is 0.483. The molecule has 1 saturated carbocycles. The van der Waals surface area contributed by atoms with E-state index < -0.39 is 9.84 Å². The third-order valence-electron chi connectivity index (χ3n) is 3.20. The van der Waals surface area contributed by atoms with Gasteiger partial charge in [-0.2, -0.15) is 0 Å². The molecule has 2 rings (SSSR count). The normalized spacial score (nSPS) is 17.8. The summed E-state index contributed by atoms with van der Waals surface area (Å²) in [5.41, 5.74) is 5.34. The Morgan fingerprint density at radius 3 is 2.67 bits per heavy atom. The highest BCUT2D eigenvalue weighted by Gasteiger charge is 2.28. The lowest BCUT2D eigenvalue weighted by atomic mass is 10.0. The van der Waals surface area contributed by atoms with Gasteiger partial charge in [0.2, 0.25) is 0 Å². The molecule has 0 radical (unpaired) electrons. The summed E-state index contributed by atoms with van der Waals surface area (Å²) in [6, 6.07) is 0. The quantitative estimate of drug-likeness (QED) is 0.650. The monoisotopic (exact) mass is 287 g/mol. The molecular weight excluding hydrogens is 270 g/mol. The van der Waals surface area contributed by atoms with Crippen molar-refractivity contribution in [2.75, 3.05) is 0 Å². The van der Waals surface area contributed by atoms with E-state index in [1.807, 2.05) is 0 Å². The molecule has 0 aliphatic heterocycles. The van der Waals surface area contributed by atoms with Crippen molar-refractivity contribution in [3.05, 3.63) is 16.1 Å². The van der Waals surface area contributed by atoms with Crippen molar-refractivity contribution in [2.24, 2.45) is 5.73 Å². The summed E-state index contributed by atoms with van der Waals surface area (Å²) < 4.78 is 24.4. The summed E-state index contributed by atoms with van der Waals surface area (Å²) >= 11 is 1.19. The Morgan fingerprint density at radius 2 is 2.11 bits per heavy atom. The van der Waals surface area contributed by atoms with Gasteiger partial charge in [0.1, 0.15) is 16.6 Å². The third kappa shape index (κ3) is 3.08. The van der Waals surface area contributed by atoms with Crippen molar-refractivity contribution in [1.82, 2.24) is 4.98 Å². The topological polar surface area (TPSA) is 96.9 Å². The van der Waals surface area contributed by atoms with E-state index >= 15 is 0 Å². The van der Waals surface area contributed by atoms with E-state index in [-0.39, 0.29) is 16.8 Å². The predicted molar refractivity (Wildman–Crippen MR) is 72.6 cm³/mol. The average Bonchev–Trinajstić information content (AvgIpc) is 2.78. The van der Waals surface area contributed by atoms with Gasteiger partial charge in [0.25, 0.3) is 0 Å². The Balaban J connectivity index is 2.08. The summed E-state index contributed by atoms with van der Waals surface area (Å²) in [5.74, 6) is -0.0795. The van der Waals surface area contributed by atoms with Crippen molar-refractivity contribution in [2.45, 2.75) is 43.1 Å². The van der Waals surface area contributed by atoms with E-state index in [9.17, 15) is 8.42 Å². The Hall–Kier alpha value is -0.950. The second-order valence-corrected chi connectivity index (χ2v) is 8.00.